The molecule has 3 N–H and O–H groups in total. The lowest BCUT2D eigenvalue weighted by Gasteiger charge is -2.14. The monoisotopic (exact) mass is 375 g/mol. The van der Waals surface area contributed by atoms with E-state index in [2.05, 4.69) is 5.32 Å². The van der Waals surface area contributed by atoms with E-state index in [4.69, 9.17) is 9.84 Å². The Morgan fingerprint density at radius 1 is 1.19 bits per heavy atom. The highest BCUT2D eigenvalue weighted by Crippen LogP contribution is 2.19. The molecule has 0 saturated carbocycles. The van der Waals surface area contributed by atoms with Crippen molar-refractivity contribution in [1.82, 2.24) is 5.32 Å². The van der Waals surface area contributed by atoms with Gasteiger partial charge in [-0.15, -0.1) is 0 Å². The first-order valence-electron chi connectivity index (χ1n) is 9.04. The number of rotatable bonds is 9. The van der Waals surface area contributed by atoms with Crippen molar-refractivity contribution in [2.24, 2.45) is 0 Å². The SMILES string of the molecule is CC(C)Oc1ccc(C(O)CNC(=O)CCCc2ccc(O)c(F)c2)cc1. The van der Waals surface area contributed by atoms with Crippen LogP contribution >= 0.6 is 0 Å². The molecule has 0 aromatic heterocycles. The summed E-state index contributed by atoms with van der Waals surface area (Å²) in [5.41, 5.74) is 1.42. The van der Waals surface area contributed by atoms with Crippen molar-refractivity contribution in [3.63, 3.8) is 0 Å². The molecule has 0 spiro atoms. The van der Waals surface area contributed by atoms with Gasteiger partial charge >= 0.3 is 0 Å². The van der Waals surface area contributed by atoms with E-state index in [-0.39, 0.29) is 30.7 Å². The van der Waals surface area contributed by atoms with Gasteiger partial charge in [0.2, 0.25) is 5.91 Å². The van der Waals surface area contributed by atoms with Crippen molar-refractivity contribution >= 4 is 5.91 Å². The maximum absolute atomic E-state index is 13.3. The fraction of sp³-hybridized carbons (Fsp3) is 0.381. The maximum Gasteiger partial charge on any atom is 0.220 e. The molecular formula is C21H26FNO4. The Labute approximate surface area is 158 Å². The number of halogens is 1. The minimum absolute atomic E-state index is 0.0816. The molecule has 146 valence electrons. The number of amides is 1. The number of phenols is 1. The molecule has 0 bridgehead atoms. The smallest absolute Gasteiger partial charge is 0.220 e. The van der Waals surface area contributed by atoms with Gasteiger partial charge in [-0.05, 0) is 62.1 Å². The molecule has 2 rings (SSSR count). The molecule has 1 unspecified atom stereocenters. The fourth-order valence-electron chi connectivity index (χ4n) is 2.62. The average molecular weight is 375 g/mol. The van der Waals surface area contributed by atoms with E-state index in [0.29, 0.717) is 18.4 Å². The van der Waals surface area contributed by atoms with Crippen LogP contribution in [0.4, 0.5) is 4.39 Å². The molecule has 27 heavy (non-hydrogen) atoms. The van der Waals surface area contributed by atoms with Gasteiger partial charge in [0.1, 0.15) is 5.75 Å². The average Bonchev–Trinajstić information content (AvgIpc) is 2.63. The molecule has 0 aliphatic rings. The lowest BCUT2D eigenvalue weighted by atomic mass is 10.1. The number of ether oxygens (including phenoxy) is 1. The van der Waals surface area contributed by atoms with Crippen LogP contribution < -0.4 is 10.1 Å². The van der Waals surface area contributed by atoms with E-state index in [1.807, 2.05) is 13.8 Å². The highest BCUT2D eigenvalue weighted by molar-refractivity contribution is 5.75. The van der Waals surface area contributed by atoms with Crippen LogP contribution in [0.3, 0.4) is 0 Å². The maximum atomic E-state index is 13.3. The second-order valence-electron chi connectivity index (χ2n) is 6.69. The van der Waals surface area contributed by atoms with Gasteiger partial charge in [-0.1, -0.05) is 18.2 Å². The molecule has 0 aliphatic heterocycles. The highest BCUT2D eigenvalue weighted by atomic mass is 19.1. The molecular weight excluding hydrogens is 349 g/mol. The summed E-state index contributed by atoms with van der Waals surface area (Å²) in [5, 5.41) is 22.0. The van der Waals surface area contributed by atoms with Crippen LogP contribution in [0, 0.1) is 5.82 Å². The number of carbonyl (C=O) groups is 1. The van der Waals surface area contributed by atoms with Crippen LogP contribution in [0.1, 0.15) is 43.9 Å². The Bertz CT molecular complexity index is 746. The van der Waals surface area contributed by atoms with Gasteiger partial charge in [-0.25, -0.2) is 4.39 Å². The number of benzene rings is 2. The van der Waals surface area contributed by atoms with Crippen molar-refractivity contribution in [1.29, 1.82) is 0 Å². The molecule has 1 amide bonds. The summed E-state index contributed by atoms with van der Waals surface area (Å²) in [6.45, 7) is 4.00. The second-order valence-corrected chi connectivity index (χ2v) is 6.69. The zero-order valence-electron chi connectivity index (χ0n) is 15.6. The molecule has 5 nitrogen and oxygen atoms in total. The summed E-state index contributed by atoms with van der Waals surface area (Å²) in [6.07, 6.45) is 0.639. The van der Waals surface area contributed by atoms with Gasteiger partial charge < -0.3 is 20.3 Å². The number of aliphatic hydroxyl groups is 1. The van der Waals surface area contributed by atoms with E-state index in [1.165, 1.54) is 12.1 Å². The summed E-state index contributed by atoms with van der Waals surface area (Å²) in [4.78, 5) is 11.9. The number of aliphatic hydroxyl groups excluding tert-OH is 1. The van der Waals surface area contributed by atoms with Crippen LogP contribution in [0.25, 0.3) is 0 Å². The standard InChI is InChI=1S/C21H26FNO4/c1-14(2)27-17-9-7-16(8-10-17)20(25)13-23-21(26)5-3-4-15-6-11-19(24)18(22)12-15/h6-12,14,20,24-25H,3-5,13H2,1-2H3,(H,23,26). The Balaban J connectivity index is 1.72. The van der Waals surface area contributed by atoms with Gasteiger partial charge in [0, 0.05) is 13.0 Å². The van der Waals surface area contributed by atoms with Crippen molar-refractivity contribution in [3.8, 4) is 11.5 Å². The normalized spacial score (nSPS) is 12.0. The van der Waals surface area contributed by atoms with E-state index in [0.717, 1.165) is 11.3 Å². The summed E-state index contributed by atoms with van der Waals surface area (Å²) < 4.78 is 18.8. The molecule has 6 heteroatoms. The number of phenolic OH excluding ortho intramolecular Hbond substituents is 1. The minimum Gasteiger partial charge on any atom is -0.505 e. The first-order valence-corrected chi connectivity index (χ1v) is 9.04. The largest absolute Gasteiger partial charge is 0.505 e. The van der Waals surface area contributed by atoms with Crippen molar-refractivity contribution in [2.75, 3.05) is 6.54 Å². The van der Waals surface area contributed by atoms with E-state index >= 15 is 0 Å². The number of aromatic hydroxyl groups is 1. The van der Waals surface area contributed by atoms with Crippen LogP contribution in [0.5, 0.6) is 11.5 Å². The molecule has 0 aliphatic carbocycles. The van der Waals surface area contributed by atoms with Crippen LogP contribution in [-0.4, -0.2) is 28.8 Å². The molecule has 1 atom stereocenters. The quantitative estimate of drug-likeness (QED) is 0.627. The first kappa shape index (κ1) is 20.7. The summed E-state index contributed by atoms with van der Waals surface area (Å²) in [5.74, 6) is -0.483. The lowest BCUT2D eigenvalue weighted by molar-refractivity contribution is -0.121. The third kappa shape index (κ3) is 6.90. The second kappa shape index (κ2) is 9.92. The number of carbonyl (C=O) groups excluding carboxylic acids is 1. The topological polar surface area (TPSA) is 78.8 Å². The predicted octanol–water partition coefficient (Wildman–Crippen LogP) is 3.49. The van der Waals surface area contributed by atoms with Gasteiger partial charge in [0.15, 0.2) is 11.6 Å². The fourth-order valence-corrected chi connectivity index (χ4v) is 2.62. The zero-order chi connectivity index (χ0) is 19.8. The van der Waals surface area contributed by atoms with E-state index < -0.39 is 11.9 Å². The Hall–Kier alpha value is -2.60. The third-order valence-corrected chi connectivity index (χ3v) is 4.01. The molecule has 0 heterocycles. The van der Waals surface area contributed by atoms with Gasteiger partial charge in [-0.2, -0.15) is 0 Å². The molecule has 2 aromatic carbocycles. The van der Waals surface area contributed by atoms with Crippen LogP contribution in [0.15, 0.2) is 42.5 Å². The molecule has 0 fully saturated rings. The number of hydrogen-bond donors (Lipinski definition) is 3. The zero-order valence-corrected chi connectivity index (χ0v) is 15.6. The van der Waals surface area contributed by atoms with Gasteiger partial charge in [0.25, 0.3) is 0 Å². The van der Waals surface area contributed by atoms with Gasteiger partial charge in [0.05, 0.1) is 12.2 Å². The third-order valence-electron chi connectivity index (χ3n) is 4.01. The van der Waals surface area contributed by atoms with Crippen LogP contribution in [0.2, 0.25) is 0 Å². The highest BCUT2D eigenvalue weighted by Gasteiger charge is 2.10. The number of hydrogen-bond acceptors (Lipinski definition) is 4. The summed E-state index contributed by atoms with van der Waals surface area (Å²) in [7, 11) is 0. The van der Waals surface area contributed by atoms with Gasteiger partial charge in [-0.3, -0.25) is 4.79 Å². The number of aryl methyl sites for hydroxylation is 1. The van der Waals surface area contributed by atoms with Crippen molar-refractivity contribution in [3.05, 3.63) is 59.4 Å². The van der Waals surface area contributed by atoms with E-state index in [9.17, 15) is 14.3 Å². The summed E-state index contributed by atoms with van der Waals surface area (Å²) >= 11 is 0. The minimum atomic E-state index is -0.798. The lowest BCUT2D eigenvalue weighted by Crippen LogP contribution is -2.28. The predicted molar refractivity (Wildman–Crippen MR) is 101 cm³/mol. The van der Waals surface area contributed by atoms with Crippen molar-refractivity contribution in [2.45, 2.75) is 45.3 Å². The van der Waals surface area contributed by atoms with Crippen LogP contribution in [-0.2, 0) is 11.2 Å². The molecule has 0 radical (unpaired) electrons. The number of nitrogens with one attached hydrogen (secondary N) is 1. The van der Waals surface area contributed by atoms with E-state index in [1.54, 1.807) is 30.3 Å². The molecule has 2 aromatic rings. The Morgan fingerprint density at radius 2 is 1.89 bits per heavy atom. The molecule has 0 saturated heterocycles. The Morgan fingerprint density at radius 3 is 2.52 bits per heavy atom. The van der Waals surface area contributed by atoms with Crippen molar-refractivity contribution < 1.29 is 24.1 Å². The Kier molecular flexibility index (Phi) is 7.61. The first-order chi connectivity index (χ1) is 12.8. The summed E-state index contributed by atoms with van der Waals surface area (Å²) in [6, 6.07) is 11.3.